The van der Waals surface area contributed by atoms with Crippen LogP contribution in [0.4, 0.5) is 17.3 Å². The molecule has 0 atom stereocenters. The second-order valence-electron chi connectivity index (χ2n) is 6.05. The molecule has 0 bridgehead atoms. The molecule has 1 N–H and O–H groups in total. The van der Waals surface area contributed by atoms with Gasteiger partial charge < -0.3 is 10.2 Å². The van der Waals surface area contributed by atoms with Crippen LogP contribution in [0.3, 0.4) is 0 Å². The molecule has 0 aliphatic rings. The maximum atomic E-state index is 12.7. The zero-order chi connectivity index (χ0) is 18.5. The highest BCUT2D eigenvalue weighted by Gasteiger charge is 2.14. The first kappa shape index (κ1) is 17.6. The van der Waals surface area contributed by atoms with Gasteiger partial charge in [0.25, 0.3) is 5.91 Å². The Bertz CT molecular complexity index is 909. The number of hydrogen-bond acceptors (Lipinski definition) is 4. The number of amides is 1. The standard InChI is InChI=1S/C21H22N4O/c1-4-16-10-8-9-15(2)19(16)24-20(26)18-13-14-22-21(23-18)25(3)17-11-6-5-7-12-17/h5-14H,4H2,1-3H3,(H,24,26). The molecule has 0 aliphatic carbocycles. The highest BCUT2D eigenvalue weighted by atomic mass is 16.1. The lowest BCUT2D eigenvalue weighted by Crippen LogP contribution is -2.19. The van der Waals surface area contributed by atoms with Gasteiger partial charge in [-0.15, -0.1) is 0 Å². The summed E-state index contributed by atoms with van der Waals surface area (Å²) in [7, 11) is 1.88. The van der Waals surface area contributed by atoms with Gasteiger partial charge in [0.05, 0.1) is 0 Å². The van der Waals surface area contributed by atoms with Crippen molar-refractivity contribution in [2.24, 2.45) is 0 Å². The predicted octanol–water partition coefficient (Wildman–Crippen LogP) is 4.37. The number of nitrogens with zero attached hydrogens (tertiary/aromatic N) is 3. The van der Waals surface area contributed by atoms with E-state index < -0.39 is 0 Å². The fraction of sp³-hybridized carbons (Fsp3) is 0.190. The molecule has 0 aliphatic heterocycles. The molecule has 1 aromatic heterocycles. The van der Waals surface area contributed by atoms with Crippen molar-refractivity contribution in [3.63, 3.8) is 0 Å². The molecule has 2 aromatic carbocycles. The van der Waals surface area contributed by atoms with Gasteiger partial charge >= 0.3 is 0 Å². The Morgan fingerprint density at radius 3 is 2.58 bits per heavy atom. The highest BCUT2D eigenvalue weighted by molar-refractivity contribution is 6.03. The Balaban J connectivity index is 1.86. The molecule has 5 nitrogen and oxygen atoms in total. The second-order valence-corrected chi connectivity index (χ2v) is 6.05. The number of aryl methyl sites for hydroxylation is 2. The SMILES string of the molecule is CCc1cccc(C)c1NC(=O)c1ccnc(N(C)c2ccccc2)n1. The van der Waals surface area contributed by atoms with Crippen molar-refractivity contribution in [1.82, 2.24) is 9.97 Å². The fourth-order valence-electron chi connectivity index (χ4n) is 2.78. The van der Waals surface area contributed by atoms with Crippen molar-refractivity contribution in [2.45, 2.75) is 20.3 Å². The first-order valence-corrected chi connectivity index (χ1v) is 8.61. The van der Waals surface area contributed by atoms with E-state index in [1.54, 1.807) is 12.3 Å². The predicted molar refractivity (Wildman–Crippen MR) is 105 cm³/mol. The van der Waals surface area contributed by atoms with Crippen LogP contribution < -0.4 is 10.2 Å². The molecule has 26 heavy (non-hydrogen) atoms. The zero-order valence-corrected chi connectivity index (χ0v) is 15.2. The lowest BCUT2D eigenvalue weighted by molar-refractivity contribution is 0.102. The van der Waals surface area contributed by atoms with Crippen LogP contribution in [0.5, 0.6) is 0 Å². The van der Waals surface area contributed by atoms with E-state index >= 15 is 0 Å². The third-order valence-electron chi connectivity index (χ3n) is 4.30. The van der Waals surface area contributed by atoms with Crippen LogP contribution in [0.25, 0.3) is 0 Å². The summed E-state index contributed by atoms with van der Waals surface area (Å²) in [6.45, 7) is 4.06. The normalized spacial score (nSPS) is 10.4. The van der Waals surface area contributed by atoms with E-state index in [1.807, 2.05) is 67.4 Å². The van der Waals surface area contributed by atoms with Crippen LogP contribution in [0.1, 0.15) is 28.5 Å². The van der Waals surface area contributed by atoms with Crippen LogP contribution >= 0.6 is 0 Å². The summed E-state index contributed by atoms with van der Waals surface area (Å²) in [4.78, 5) is 23.3. The molecule has 0 saturated carbocycles. The van der Waals surface area contributed by atoms with Gasteiger partial charge in [0.2, 0.25) is 5.95 Å². The first-order chi connectivity index (χ1) is 12.6. The molecule has 0 radical (unpaired) electrons. The minimum atomic E-state index is -0.237. The lowest BCUT2D eigenvalue weighted by atomic mass is 10.1. The van der Waals surface area contributed by atoms with Crippen molar-refractivity contribution in [1.29, 1.82) is 0 Å². The molecule has 3 aromatic rings. The quantitative estimate of drug-likeness (QED) is 0.745. The van der Waals surface area contributed by atoms with Gasteiger partial charge in [-0.1, -0.05) is 43.3 Å². The summed E-state index contributed by atoms with van der Waals surface area (Å²) in [5, 5.41) is 3.00. The smallest absolute Gasteiger partial charge is 0.274 e. The van der Waals surface area contributed by atoms with Crippen LogP contribution in [0.2, 0.25) is 0 Å². The van der Waals surface area contributed by atoms with E-state index in [1.165, 1.54) is 0 Å². The summed E-state index contributed by atoms with van der Waals surface area (Å²) >= 11 is 0. The Labute approximate surface area is 153 Å². The Hall–Kier alpha value is -3.21. The topological polar surface area (TPSA) is 58.1 Å². The Morgan fingerprint density at radius 2 is 1.85 bits per heavy atom. The molecular weight excluding hydrogens is 324 g/mol. The number of carbonyl (C=O) groups excluding carboxylic acids is 1. The third kappa shape index (κ3) is 3.72. The van der Waals surface area contributed by atoms with Gasteiger partial charge in [-0.25, -0.2) is 9.97 Å². The summed E-state index contributed by atoms with van der Waals surface area (Å²) in [6.07, 6.45) is 2.46. The van der Waals surface area contributed by atoms with Crippen molar-refractivity contribution in [3.8, 4) is 0 Å². The monoisotopic (exact) mass is 346 g/mol. The number of rotatable bonds is 5. The van der Waals surface area contributed by atoms with E-state index in [2.05, 4.69) is 22.2 Å². The summed E-state index contributed by atoms with van der Waals surface area (Å²) in [6, 6.07) is 17.4. The summed E-state index contributed by atoms with van der Waals surface area (Å²) < 4.78 is 0. The van der Waals surface area contributed by atoms with Gasteiger partial charge in [-0.3, -0.25) is 4.79 Å². The molecular formula is C21H22N4O. The number of para-hydroxylation sites is 2. The zero-order valence-electron chi connectivity index (χ0n) is 15.2. The van der Waals surface area contributed by atoms with Crippen molar-refractivity contribution < 1.29 is 4.79 Å². The van der Waals surface area contributed by atoms with Crippen LogP contribution in [-0.4, -0.2) is 22.9 Å². The maximum absolute atomic E-state index is 12.7. The van der Waals surface area contributed by atoms with E-state index in [9.17, 15) is 4.79 Å². The molecule has 0 fully saturated rings. The van der Waals surface area contributed by atoms with Crippen LogP contribution in [0.15, 0.2) is 60.8 Å². The highest BCUT2D eigenvalue weighted by Crippen LogP contribution is 2.23. The third-order valence-corrected chi connectivity index (χ3v) is 4.30. The average molecular weight is 346 g/mol. The minimum absolute atomic E-state index is 0.237. The van der Waals surface area contributed by atoms with Gasteiger partial charge in [0.1, 0.15) is 5.69 Å². The second kappa shape index (κ2) is 7.78. The number of carbonyl (C=O) groups is 1. The molecule has 5 heteroatoms. The number of anilines is 3. The number of hydrogen-bond donors (Lipinski definition) is 1. The van der Waals surface area contributed by atoms with Crippen molar-refractivity contribution in [2.75, 3.05) is 17.3 Å². The Morgan fingerprint density at radius 1 is 1.08 bits per heavy atom. The molecule has 1 amide bonds. The largest absolute Gasteiger partial charge is 0.320 e. The van der Waals surface area contributed by atoms with E-state index in [0.717, 1.165) is 28.9 Å². The maximum Gasteiger partial charge on any atom is 0.274 e. The van der Waals surface area contributed by atoms with Gasteiger partial charge in [-0.05, 0) is 42.7 Å². The van der Waals surface area contributed by atoms with Gasteiger partial charge in [0, 0.05) is 24.6 Å². The first-order valence-electron chi connectivity index (χ1n) is 8.61. The fourth-order valence-corrected chi connectivity index (χ4v) is 2.78. The molecule has 3 rings (SSSR count). The van der Waals surface area contributed by atoms with E-state index in [4.69, 9.17) is 0 Å². The summed E-state index contributed by atoms with van der Waals surface area (Å²) in [5.41, 5.74) is 4.29. The molecule has 0 unspecified atom stereocenters. The van der Waals surface area contributed by atoms with E-state index in [0.29, 0.717) is 11.6 Å². The molecule has 132 valence electrons. The van der Waals surface area contributed by atoms with Crippen molar-refractivity contribution >= 4 is 23.2 Å². The molecule has 1 heterocycles. The van der Waals surface area contributed by atoms with Crippen LogP contribution in [-0.2, 0) is 6.42 Å². The van der Waals surface area contributed by atoms with Crippen LogP contribution in [0, 0.1) is 6.92 Å². The number of nitrogens with one attached hydrogen (secondary N) is 1. The minimum Gasteiger partial charge on any atom is -0.320 e. The van der Waals surface area contributed by atoms with Crippen molar-refractivity contribution in [3.05, 3.63) is 77.6 Å². The average Bonchev–Trinajstić information content (AvgIpc) is 2.69. The molecule has 0 spiro atoms. The summed E-state index contributed by atoms with van der Waals surface area (Å²) in [5.74, 6) is 0.239. The van der Waals surface area contributed by atoms with Gasteiger partial charge in [-0.2, -0.15) is 0 Å². The number of benzene rings is 2. The Kier molecular flexibility index (Phi) is 5.27. The van der Waals surface area contributed by atoms with E-state index in [-0.39, 0.29) is 5.91 Å². The number of aromatic nitrogens is 2. The lowest BCUT2D eigenvalue weighted by Gasteiger charge is -2.17. The molecule has 0 saturated heterocycles. The van der Waals surface area contributed by atoms with Gasteiger partial charge in [0.15, 0.2) is 0 Å².